The Balaban J connectivity index is 2.00. The van der Waals surface area contributed by atoms with E-state index in [0.29, 0.717) is 5.75 Å². The minimum atomic E-state index is -0.520. The number of amides is 1. The zero-order valence-corrected chi connectivity index (χ0v) is 12.9. The standard InChI is InChI=1S/C16H21NO5/c1-20-12-7-8-13(16(19)21-2)14(9-12)22-10-15(18)17-11-5-3-4-6-11/h7-9,11H,3-6,10H2,1-2H3,(H,17,18). The predicted molar refractivity (Wildman–Crippen MR) is 80.2 cm³/mol. The van der Waals surface area contributed by atoms with Crippen molar-refractivity contribution in [3.8, 4) is 11.5 Å². The fourth-order valence-electron chi connectivity index (χ4n) is 2.51. The molecule has 0 aliphatic heterocycles. The van der Waals surface area contributed by atoms with E-state index in [0.717, 1.165) is 25.7 Å². The zero-order chi connectivity index (χ0) is 15.9. The fourth-order valence-corrected chi connectivity index (χ4v) is 2.51. The molecule has 6 nitrogen and oxygen atoms in total. The van der Waals surface area contributed by atoms with E-state index in [1.165, 1.54) is 14.2 Å². The van der Waals surface area contributed by atoms with Gasteiger partial charge in [0.2, 0.25) is 0 Å². The molecule has 1 aromatic rings. The number of methoxy groups -OCH3 is 2. The zero-order valence-electron chi connectivity index (χ0n) is 12.9. The van der Waals surface area contributed by atoms with Gasteiger partial charge in [0.15, 0.2) is 6.61 Å². The SMILES string of the molecule is COC(=O)c1ccc(OC)cc1OCC(=O)NC1CCCC1. The Hall–Kier alpha value is -2.24. The van der Waals surface area contributed by atoms with Crippen LogP contribution in [0.5, 0.6) is 11.5 Å². The van der Waals surface area contributed by atoms with E-state index in [9.17, 15) is 9.59 Å². The second kappa shape index (κ2) is 7.68. The number of carbonyl (C=O) groups excluding carboxylic acids is 2. The van der Waals surface area contributed by atoms with Crippen LogP contribution >= 0.6 is 0 Å². The van der Waals surface area contributed by atoms with Crippen LogP contribution < -0.4 is 14.8 Å². The summed E-state index contributed by atoms with van der Waals surface area (Å²) in [4.78, 5) is 23.6. The van der Waals surface area contributed by atoms with E-state index >= 15 is 0 Å². The van der Waals surface area contributed by atoms with Crippen molar-refractivity contribution in [3.05, 3.63) is 23.8 Å². The maximum atomic E-state index is 11.9. The number of ether oxygens (including phenoxy) is 3. The number of esters is 1. The molecule has 0 spiro atoms. The monoisotopic (exact) mass is 307 g/mol. The van der Waals surface area contributed by atoms with Crippen LogP contribution in [0.15, 0.2) is 18.2 Å². The first-order chi connectivity index (χ1) is 10.6. The Morgan fingerprint density at radius 2 is 1.95 bits per heavy atom. The second-order valence-corrected chi connectivity index (χ2v) is 5.19. The van der Waals surface area contributed by atoms with Gasteiger partial charge in [-0.2, -0.15) is 0 Å². The van der Waals surface area contributed by atoms with E-state index in [2.05, 4.69) is 5.32 Å². The molecule has 0 unspecified atom stereocenters. The molecule has 0 atom stereocenters. The van der Waals surface area contributed by atoms with Gasteiger partial charge in [0.1, 0.15) is 17.1 Å². The van der Waals surface area contributed by atoms with Crippen LogP contribution in [0.1, 0.15) is 36.0 Å². The van der Waals surface area contributed by atoms with Crippen molar-refractivity contribution in [2.45, 2.75) is 31.7 Å². The minimum absolute atomic E-state index is 0.145. The maximum Gasteiger partial charge on any atom is 0.341 e. The minimum Gasteiger partial charge on any atom is -0.497 e. The molecule has 0 aromatic heterocycles. The average molecular weight is 307 g/mol. The quantitative estimate of drug-likeness (QED) is 0.813. The number of carbonyl (C=O) groups is 2. The molecule has 1 fully saturated rings. The van der Waals surface area contributed by atoms with E-state index in [1.807, 2.05) is 0 Å². The van der Waals surface area contributed by atoms with Crippen LogP contribution in [-0.4, -0.2) is 38.7 Å². The summed E-state index contributed by atoms with van der Waals surface area (Å²) >= 11 is 0. The van der Waals surface area contributed by atoms with Crippen molar-refractivity contribution in [1.29, 1.82) is 0 Å². The Labute approximate surface area is 129 Å². The molecule has 120 valence electrons. The van der Waals surface area contributed by atoms with Crippen LogP contribution in [0, 0.1) is 0 Å². The highest BCUT2D eigenvalue weighted by Gasteiger charge is 2.19. The number of rotatable bonds is 6. The maximum absolute atomic E-state index is 11.9. The van der Waals surface area contributed by atoms with E-state index in [1.54, 1.807) is 18.2 Å². The van der Waals surface area contributed by atoms with E-state index < -0.39 is 5.97 Å². The van der Waals surface area contributed by atoms with Gasteiger partial charge in [0.25, 0.3) is 5.91 Å². The fraction of sp³-hybridized carbons (Fsp3) is 0.500. The molecule has 0 radical (unpaired) electrons. The second-order valence-electron chi connectivity index (χ2n) is 5.19. The van der Waals surface area contributed by atoms with Gasteiger partial charge in [-0.25, -0.2) is 4.79 Å². The Bertz CT molecular complexity index is 537. The molecule has 6 heteroatoms. The summed E-state index contributed by atoms with van der Waals surface area (Å²) in [7, 11) is 2.81. The third-order valence-corrected chi connectivity index (χ3v) is 3.67. The Morgan fingerprint density at radius 3 is 2.59 bits per heavy atom. The molecule has 1 amide bonds. The van der Waals surface area contributed by atoms with Crippen LogP contribution in [0.25, 0.3) is 0 Å². The lowest BCUT2D eigenvalue weighted by Crippen LogP contribution is -2.36. The lowest BCUT2D eigenvalue weighted by atomic mass is 10.2. The van der Waals surface area contributed by atoms with Gasteiger partial charge in [-0.05, 0) is 25.0 Å². The van der Waals surface area contributed by atoms with Crippen molar-refractivity contribution in [1.82, 2.24) is 5.32 Å². The van der Waals surface area contributed by atoms with Gasteiger partial charge in [-0.3, -0.25) is 4.79 Å². The number of hydrogen-bond acceptors (Lipinski definition) is 5. The molecule has 1 aliphatic carbocycles. The number of benzene rings is 1. The van der Waals surface area contributed by atoms with Gasteiger partial charge >= 0.3 is 5.97 Å². The van der Waals surface area contributed by atoms with Crippen LogP contribution in [0.2, 0.25) is 0 Å². The summed E-state index contributed by atoms with van der Waals surface area (Å²) in [5.74, 6) is 0.103. The summed E-state index contributed by atoms with van der Waals surface area (Å²) in [5, 5.41) is 2.93. The van der Waals surface area contributed by atoms with Gasteiger partial charge < -0.3 is 19.5 Å². The molecule has 0 heterocycles. The summed E-state index contributed by atoms with van der Waals surface area (Å²) in [6.45, 7) is -0.145. The van der Waals surface area contributed by atoms with Gasteiger partial charge in [-0.1, -0.05) is 12.8 Å². The molecular weight excluding hydrogens is 286 g/mol. The van der Waals surface area contributed by atoms with Gasteiger partial charge in [-0.15, -0.1) is 0 Å². The molecule has 0 saturated heterocycles. The summed E-state index contributed by atoms with van der Waals surface area (Å²) in [5.41, 5.74) is 0.261. The highest BCUT2D eigenvalue weighted by molar-refractivity contribution is 5.92. The third kappa shape index (κ3) is 4.13. The number of nitrogens with one attached hydrogen (secondary N) is 1. The van der Waals surface area contributed by atoms with Crippen LogP contribution in [0.4, 0.5) is 0 Å². The summed E-state index contributed by atoms with van der Waals surface area (Å²) in [6, 6.07) is 4.99. The smallest absolute Gasteiger partial charge is 0.341 e. The predicted octanol–water partition coefficient (Wildman–Crippen LogP) is 1.92. The lowest BCUT2D eigenvalue weighted by Gasteiger charge is -2.14. The van der Waals surface area contributed by atoms with Crippen LogP contribution in [-0.2, 0) is 9.53 Å². The molecule has 22 heavy (non-hydrogen) atoms. The molecule has 1 saturated carbocycles. The third-order valence-electron chi connectivity index (χ3n) is 3.67. The summed E-state index contributed by atoms with van der Waals surface area (Å²) < 4.78 is 15.3. The first-order valence-corrected chi connectivity index (χ1v) is 7.32. The number of hydrogen-bond donors (Lipinski definition) is 1. The average Bonchev–Trinajstić information content (AvgIpc) is 3.04. The van der Waals surface area contributed by atoms with E-state index in [4.69, 9.17) is 14.2 Å². The van der Waals surface area contributed by atoms with Crippen molar-refractivity contribution < 1.29 is 23.8 Å². The van der Waals surface area contributed by atoms with Gasteiger partial charge in [0.05, 0.1) is 14.2 Å². The first kappa shape index (κ1) is 16.1. The topological polar surface area (TPSA) is 73.9 Å². The Kier molecular flexibility index (Phi) is 5.63. The molecule has 1 N–H and O–H groups in total. The van der Waals surface area contributed by atoms with Crippen LogP contribution in [0.3, 0.4) is 0 Å². The van der Waals surface area contributed by atoms with Crippen molar-refractivity contribution in [2.24, 2.45) is 0 Å². The normalized spacial score (nSPS) is 14.5. The summed E-state index contributed by atoms with van der Waals surface area (Å²) in [6.07, 6.45) is 4.32. The first-order valence-electron chi connectivity index (χ1n) is 7.32. The van der Waals surface area contributed by atoms with Crippen molar-refractivity contribution in [2.75, 3.05) is 20.8 Å². The van der Waals surface area contributed by atoms with Gasteiger partial charge in [0, 0.05) is 12.1 Å². The molecule has 1 aliphatic rings. The highest BCUT2D eigenvalue weighted by atomic mass is 16.5. The van der Waals surface area contributed by atoms with Crippen molar-refractivity contribution in [3.63, 3.8) is 0 Å². The highest BCUT2D eigenvalue weighted by Crippen LogP contribution is 2.25. The van der Waals surface area contributed by atoms with Crippen molar-refractivity contribution >= 4 is 11.9 Å². The van der Waals surface area contributed by atoms with E-state index in [-0.39, 0.29) is 29.9 Å². The Morgan fingerprint density at radius 1 is 1.23 bits per heavy atom. The lowest BCUT2D eigenvalue weighted by molar-refractivity contribution is -0.123. The largest absolute Gasteiger partial charge is 0.497 e. The molecule has 0 bridgehead atoms. The molecule has 1 aromatic carbocycles. The molecule has 2 rings (SSSR count). The molecular formula is C16H21NO5.